The molecule has 1 amide bonds. The van der Waals surface area contributed by atoms with Crippen molar-refractivity contribution in [1.82, 2.24) is 4.90 Å². The Bertz CT molecular complexity index is 638. The third kappa shape index (κ3) is 5.42. The molecule has 0 aromatic heterocycles. The summed E-state index contributed by atoms with van der Waals surface area (Å²) in [6, 6.07) is 15.8. The highest BCUT2D eigenvalue weighted by atomic mass is 16.5. The molecule has 122 valence electrons. The van der Waals surface area contributed by atoms with Crippen LogP contribution < -0.4 is 10.1 Å². The Morgan fingerprint density at radius 3 is 2.57 bits per heavy atom. The molecule has 4 heteroatoms. The van der Waals surface area contributed by atoms with Crippen LogP contribution in [0.5, 0.6) is 5.75 Å². The van der Waals surface area contributed by atoms with Gasteiger partial charge in [0.1, 0.15) is 5.75 Å². The normalized spacial score (nSPS) is 10.6. The fourth-order valence-corrected chi connectivity index (χ4v) is 2.34. The largest absolute Gasteiger partial charge is 0.497 e. The van der Waals surface area contributed by atoms with Crippen molar-refractivity contribution in [2.45, 2.75) is 20.4 Å². The highest BCUT2D eigenvalue weighted by Crippen LogP contribution is 2.16. The zero-order valence-corrected chi connectivity index (χ0v) is 14.0. The molecule has 0 aliphatic heterocycles. The number of hydrogen-bond donors (Lipinski definition) is 1. The summed E-state index contributed by atoms with van der Waals surface area (Å²) < 4.78 is 5.17. The average Bonchev–Trinajstić information content (AvgIpc) is 2.56. The first-order valence-electron chi connectivity index (χ1n) is 7.82. The van der Waals surface area contributed by atoms with E-state index in [0.29, 0.717) is 6.54 Å². The lowest BCUT2D eigenvalue weighted by molar-refractivity contribution is -0.117. The monoisotopic (exact) mass is 312 g/mol. The van der Waals surface area contributed by atoms with Crippen LogP contribution >= 0.6 is 0 Å². The van der Waals surface area contributed by atoms with Gasteiger partial charge in [0.05, 0.1) is 13.7 Å². The summed E-state index contributed by atoms with van der Waals surface area (Å²) in [5.41, 5.74) is 3.21. The van der Waals surface area contributed by atoms with Crippen LogP contribution in [0, 0.1) is 6.92 Å². The van der Waals surface area contributed by atoms with Crippen LogP contribution in [-0.2, 0) is 11.3 Å². The van der Waals surface area contributed by atoms with Gasteiger partial charge in [-0.2, -0.15) is 0 Å². The Balaban J connectivity index is 1.92. The highest BCUT2D eigenvalue weighted by molar-refractivity contribution is 5.92. The molecule has 4 nitrogen and oxygen atoms in total. The molecule has 0 bridgehead atoms. The number of nitrogens with zero attached hydrogens (tertiary/aromatic N) is 1. The van der Waals surface area contributed by atoms with Gasteiger partial charge >= 0.3 is 0 Å². The second kappa shape index (κ2) is 8.34. The quantitative estimate of drug-likeness (QED) is 0.851. The third-order valence-electron chi connectivity index (χ3n) is 3.69. The van der Waals surface area contributed by atoms with Crippen molar-refractivity contribution in [3.05, 3.63) is 59.7 Å². The van der Waals surface area contributed by atoms with Gasteiger partial charge in [-0.05, 0) is 31.2 Å². The number of amides is 1. The maximum atomic E-state index is 12.2. The van der Waals surface area contributed by atoms with Crippen molar-refractivity contribution in [2.24, 2.45) is 0 Å². The first kappa shape index (κ1) is 17.0. The van der Waals surface area contributed by atoms with Crippen molar-refractivity contribution < 1.29 is 9.53 Å². The van der Waals surface area contributed by atoms with Gasteiger partial charge in [-0.1, -0.05) is 42.8 Å². The Hall–Kier alpha value is -2.33. The number of carbonyl (C=O) groups is 1. The number of carbonyl (C=O) groups excluding carboxylic acids is 1. The summed E-state index contributed by atoms with van der Waals surface area (Å²) in [6.45, 7) is 6.08. The molecule has 2 rings (SSSR count). The zero-order chi connectivity index (χ0) is 16.7. The fourth-order valence-electron chi connectivity index (χ4n) is 2.34. The lowest BCUT2D eigenvalue weighted by Crippen LogP contribution is -2.32. The van der Waals surface area contributed by atoms with Crippen molar-refractivity contribution in [2.75, 3.05) is 25.5 Å². The summed E-state index contributed by atoms with van der Waals surface area (Å²) in [5, 5.41) is 2.92. The van der Waals surface area contributed by atoms with E-state index < -0.39 is 0 Å². The number of likely N-dealkylation sites (N-methyl/N-ethyl adjacent to an activating group) is 1. The minimum absolute atomic E-state index is 0.0211. The van der Waals surface area contributed by atoms with E-state index in [-0.39, 0.29) is 5.91 Å². The molecular formula is C19H24N2O2. The van der Waals surface area contributed by atoms with Crippen LogP contribution in [-0.4, -0.2) is 31.0 Å². The molecule has 0 unspecified atom stereocenters. The maximum Gasteiger partial charge on any atom is 0.238 e. The SMILES string of the molecule is CCN(CC(=O)Nc1cccc(OC)c1)Cc1ccc(C)cc1. The Morgan fingerprint density at radius 2 is 1.91 bits per heavy atom. The number of rotatable bonds is 7. The van der Waals surface area contributed by atoms with Gasteiger partial charge in [0.15, 0.2) is 0 Å². The molecule has 2 aromatic rings. The van der Waals surface area contributed by atoms with Gasteiger partial charge in [0.25, 0.3) is 0 Å². The number of aryl methyl sites for hydroxylation is 1. The molecule has 23 heavy (non-hydrogen) atoms. The molecule has 0 heterocycles. The van der Waals surface area contributed by atoms with E-state index in [1.807, 2.05) is 24.3 Å². The standard InChI is InChI=1S/C19H24N2O2/c1-4-21(13-16-10-8-15(2)9-11-16)14-19(22)20-17-6-5-7-18(12-17)23-3/h5-12H,4,13-14H2,1-3H3,(H,20,22). The molecule has 2 aromatic carbocycles. The molecule has 1 N–H and O–H groups in total. The second-order valence-corrected chi connectivity index (χ2v) is 5.57. The molecule has 0 aliphatic rings. The lowest BCUT2D eigenvalue weighted by Gasteiger charge is -2.20. The first-order valence-corrected chi connectivity index (χ1v) is 7.82. The van der Waals surface area contributed by atoms with Crippen molar-refractivity contribution in [1.29, 1.82) is 0 Å². The number of methoxy groups -OCH3 is 1. The Labute approximate surface area is 138 Å². The van der Waals surface area contributed by atoms with Crippen molar-refractivity contribution in [3.8, 4) is 5.75 Å². The number of anilines is 1. The van der Waals surface area contributed by atoms with Crippen LogP contribution in [0.2, 0.25) is 0 Å². The highest BCUT2D eigenvalue weighted by Gasteiger charge is 2.10. The van der Waals surface area contributed by atoms with Gasteiger partial charge in [0, 0.05) is 18.3 Å². The summed E-state index contributed by atoms with van der Waals surface area (Å²) in [7, 11) is 1.61. The molecular weight excluding hydrogens is 288 g/mol. The number of ether oxygens (including phenoxy) is 1. The third-order valence-corrected chi connectivity index (χ3v) is 3.69. The lowest BCUT2D eigenvalue weighted by atomic mass is 10.1. The summed E-state index contributed by atoms with van der Waals surface area (Å²) in [6.07, 6.45) is 0. The summed E-state index contributed by atoms with van der Waals surface area (Å²) in [4.78, 5) is 14.3. The van der Waals surface area contributed by atoms with Crippen LogP contribution in [0.4, 0.5) is 5.69 Å². The van der Waals surface area contributed by atoms with Crippen molar-refractivity contribution >= 4 is 11.6 Å². The van der Waals surface area contributed by atoms with Gasteiger partial charge in [0.2, 0.25) is 5.91 Å². The predicted octanol–water partition coefficient (Wildman–Crippen LogP) is 3.46. The minimum Gasteiger partial charge on any atom is -0.497 e. The smallest absolute Gasteiger partial charge is 0.238 e. The summed E-state index contributed by atoms with van der Waals surface area (Å²) >= 11 is 0. The predicted molar refractivity (Wildman–Crippen MR) is 93.8 cm³/mol. The van der Waals surface area contributed by atoms with Gasteiger partial charge < -0.3 is 10.1 Å². The van der Waals surface area contributed by atoms with E-state index in [1.165, 1.54) is 11.1 Å². The average molecular weight is 312 g/mol. The zero-order valence-electron chi connectivity index (χ0n) is 14.0. The fraction of sp³-hybridized carbons (Fsp3) is 0.316. The van der Waals surface area contributed by atoms with Crippen LogP contribution in [0.3, 0.4) is 0 Å². The van der Waals surface area contributed by atoms with Gasteiger partial charge in [-0.25, -0.2) is 0 Å². The Morgan fingerprint density at radius 1 is 1.17 bits per heavy atom. The van der Waals surface area contributed by atoms with E-state index in [4.69, 9.17) is 4.74 Å². The van der Waals surface area contributed by atoms with E-state index >= 15 is 0 Å². The van der Waals surface area contributed by atoms with E-state index in [1.54, 1.807) is 7.11 Å². The molecule has 0 spiro atoms. The van der Waals surface area contributed by atoms with Gasteiger partial charge in [-0.3, -0.25) is 9.69 Å². The van der Waals surface area contributed by atoms with Crippen molar-refractivity contribution in [3.63, 3.8) is 0 Å². The summed E-state index contributed by atoms with van der Waals surface area (Å²) in [5.74, 6) is 0.710. The van der Waals surface area contributed by atoms with E-state index in [9.17, 15) is 4.79 Å². The number of nitrogens with one attached hydrogen (secondary N) is 1. The first-order chi connectivity index (χ1) is 11.1. The van der Waals surface area contributed by atoms with Crippen LogP contribution in [0.25, 0.3) is 0 Å². The maximum absolute atomic E-state index is 12.2. The topological polar surface area (TPSA) is 41.6 Å². The van der Waals surface area contributed by atoms with Crippen LogP contribution in [0.15, 0.2) is 48.5 Å². The molecule has 0 atom stereocenters. The number of hydrogen-bond acceptors (Lipinski definition) is 3. The van der Waals surface area contributed by atoms with E-state index in [0.717, 1.165) is 24.5 Å². The molecule has 0 fully saturated rings. The number of benzene rings is 2. The molecule has 0 aliphatic carbocycles. The second-order valence-electron chi connectivity index (χ2n) is 5.57. The molecule has 0 saturated carbocycles. The van der Waals surface area contributed by atoms with Crippen LogP contribution in [0.1, 0.15) is 18.1 Å². The minimum atomic E-state index is -0.0211. The molecule has 0 radical (unpaired) electrons. The Kier molecular flexibility index (Phi) is 6.18. The van der Waals surface area contributed by atoms with Gasteiger partial charge in [-0.15, -0.1) is 0 Å². The van der Waals surface area contributed by atoms with E-state index in [2.05, 4.69) is 48.3 Å². The molecule has 0 saturated heterocycles.